The van der Waals surface area contributed by atoms with Crippen LogP contribution in [0.1, 0.15) is 29.8 Å². The molecule has 2 N–H and O–H groups in total. The van der Waals surface area contributed by atoms with E-state index in [2.05, 4.69) is 26.6 Å². The Labute approximate surface area is 150 Å². The monoisotopic (exact) mass is 388 g/mol. The SMILES string of the molecule is CC(C)[C@H](NC(=O)c1ccccc1Br)C(=O)NCc1ccccc1. The van der Waals surface area contributed by atoms with Crippen molar-refractivity contribution in [2.24, 2.45) is 5.92 Å². The lowest BCUT2D eigenvalue weighted by Gasteiger charge is -2.22. The first-order valence-corrected chi connectivity index (χ1v) is 8.65. The highest BCUT2D eigenvalue weighted by atomic mass is 79.9. The fourth-order valence-corrected chi connectivity index (χ4v) is 2.76. The Bertz CT molecular complexity index is 702. The van der Waals surface area contributed by atoms with Gasteiger partial charge in [0.2, 0.25) is 5.91 Å². The van der Waals surface area contributed by atoms with Crippen LogP contribution in [0.4, 0.5) is 0 Å². The third-order valence-corrected chi connectivity index (χ3v) is 4.36. The molecule has 0 spiro atoms. The van der Waals surface area contributed by atoms with Gasteiger partial charge in [-0.1, -0.05) is 56.3 Å². The van der Waals surface area contributed by atoms with Gasteiger partial charge in [-0.3, -0.25) is 9.59 Å². The first kappa shape index (κ1) is 18.2. The van der Waals surface area contributed by atoms with E-state index in [0.29, 0.717) is 16.6 Å². The van der Waals surface area contributed by atoms with E-state index in [1.807, 2.05) is 50.2 Å². The maximum atomic E-state index is 12.5. The van der Waals surface area contributed by atoms with E-state index in [1.54, 1.807) is 18.2 Å². The molecule has 0 unspecified atom stereocenters. The number of hydrogen-bond donors (Lipinski definition) is 2. The number of rotatable bonds is 6. The van der Waals surface area contributed by atoms with Gasteiger partial charge in [0, 0.05) is 11.0 Å². The van der Waals surface area contributed by atoms with Crippen LogP contribution in [0.2, 0.25) is 0 Å². The summed E-state index contributed by atoms with van der Waals surface area (Å²) in [4.78, 5) is 24.9. The lowest BCUT2D eigenvalue weighted by Crippen LogP contribution is -2.49. The van der Waals surface area contributed by atoms with E-state index in [0.717, 1.165) is 5.56 Å². The number of carbonyl (C=O) groups excluding carboxylic acids is 2. The van der Waals surface area contributed by atoms with Crippen molar-refractivity contribution in [3.63, 3.8) is 0 Å². The summed E-state index contributed by atoms with van der Waals surface area (Å²) in [6.45, 7) is 4.26. The highest BCUT2D eigenvalue weighted by molar-refractivity contribution is 9.10. The van der Waals surface area contributed by atoms with Gasteiger partial charge in [0.1, 0.15) is 6.04 Å². The molecule has 126 valence electrons. The summed E-state index contributed by atoms with van der Waals surface area (Å²) >= 11 is 3.36. The molecule has 2 rings (SSSR count). The second kappa shape index (κ2) is 8.64. The molecular formula is C19H21BrN2O2. The van der Waals surface area contributed by atoms with Gasteiger partial charge in [0.25, 0.3) is 5.91 Å². The summed E-state index contributed by atoms with van der Waals surface area (Å²) < 4.78 is 0.703. The van der Waals surface area contributed by atoms with Crippen molar-refractivity contribution >= 4 is 27.7 Å². The number of benzene rings is 2. The first-order chi connectivity index (χ1) is 11.5. The number of hydrogen-bond acceptors (Lipinski definition) is 2. The Morgan fingerprint density at radius 1 is 1.00 bits per heavy atom. The zero-order valence-corrected chi connectivity index (χ0v) is 15.3. The zero-order chi connectivity index (χ0) is 17.5. The molecule has 0 aliphatic heterocycles. The van der Waals surface area contributed by atoms with Crippen molar-refractivity contribution in [2.45, 2.75) is 26.4 Å². The van der Waals surface area contributed by atoms with Crippen molar-refractivity contribution in [1.82, 2.24) is 10.6 Å². The molecule has 5 heteroatoms. The summed E-state index contributed by atoms with van der Waals surface area (Å²) in [7, 11) is 0. The van der Waals surface area contributed by atoms with Gasteiger partial charge in [0.05, 0.1) is 5.56 Å². The van der Waals surface area contributed by atoms with Crippen LogP contribution < -0.4 is 10.6 Å². The number of amides is 2. The van der Waals surface area contributed by atoms with Crippen molar-refractivity contribution in [1.29, 1.82) is 0 Å². The van der Waals surface area contributed by atoms with Crippen LogP contribution in [0.3, 0.4) is 0 Å². The molecule has 0 aliphatic carbocycles. The second-order valence-electron chi connectivity index (χ2n) is 5.88. The largest absolute Gasteiger partial charge is 0.350 e. The van der Waals surface area contributed by atoms with Gasteiger partial charge in [0.15, 0.2) is 0 Å². The molecule has 2 amide bonds. The van der Waals surface area contributed by atoms with E-state index in [1.165, 1.54) is 0 Å². The Balaban J connectivity index is 2.02. The smallest absolute Gasteiger partial charge is 0.253 e. The summed E-state index contributed by atoms with van der Waals surface area (Å²) in [6.07, 6.45) is 0. The van der Waals surface area contributed by atoms with Crippen LogP contribution in [0.25, 0.3) is 0 Å². The van der Waals surface area contributed by atoms with E-state index < -0.39 is 6.04 Å². The van der Waals surface area contributed by atoms with Gasteiger partial charge in [-0.25, -0.2) is 0 Å². The van der Waals surface area contributed by atoms with Crippen LogP contribution in [0, 0.1) is 5.92 Å². The lowest BCUT2D eigenvalue weighted by atomic mass is 10.0. The van der Waals surface area contributed by atoms with Crippen LogP contribution in [0.5, 0.6) is 0 Å². The molecule has 0 saturated heterocycles. The van der Waals surface area contributed by atoms with Crippen LogP contribution in [-0.2, 0) is 11.3 Å². The summed E-state index contributed by atoms with van der Waals surface area (Å²) in [5.41, 5.74) is 1.53. The minimum Gasteiger partial charge on any atom is -0.350 e. The van der Waals surface area contributed by atoms with E-state index in [9.17, 15) is 9.59 Å². The standard InChI is InChI=1S/C19H21BrN2O2/c1-13(2)17(19(24)21-12-14-8-4-3-5-9-14)22-18(23)15-10-6-7-11-16(15)20/h3-11,13,17H,12H2,1-2H3,(H,21,24)(H,22,23)/t17-/m0/s1. The lowest BCUT2D eigenvalue weighted by molar-refractivity contribution is -0.124. The average molecular weight is 389 g/mol. The summed E-state index contributed by atoms with van der Waals surface area (Å²) in [5, 5.41) is 5.72. The maximum Gasteiger partial charge on any atom is 0.253 e. The topological polar surface area (TPSA) is 58.2 Å². The fraction of sp³-hybridized carbons (Fsp3) is 0.263. The van der Waals surface area contributed by atoms with Crippen LogP contribution in [0.15, 0.2) is 59.1 Å². The van der Waals surface area contributed by atoms with Crippen LogP contribution >= 0.6 is 15.9 Å². The van der Waals surface area contributed by atoms with Crippen molar-refractivity contribution in [3.8, 4) is 0 Å². The Morgan fingerprint density at radius 3 is 2.25 bits per heavy atom. The quantitative estimate of drug-likeness (QED) is 0.794. The summed E-state index contributed by atoms with van der Waals surface area (Å²) in [5.74, 6) is -0.475. The third-order valence-electron chi connectivity index (χ3n) is 3.66. The Hall–Kier alpha value is -2.14. The third kappa shape index (κ3) is 4.93. The van der Waals surface area contributed by atoms with Gasteiger partial charge >= 0.3 is 0 Å². The molecule has 0 radical (unpaired) electrons. The molecule has 24 heavy (non-hydrogen) atoms. The van der Waals surface area contributed by atoms with Crippen molar-refractivity contribution in [2.75, 3.05) is 0 Å². The molecular weight excluding hydrogens is 368 g/mol. The predicted octanol–water partition coefficient (Wildman–Crippen LogP) is 3.52. The molecule has 0 aromatic heterocycles. The minimum atomic E-state index is -0.590. The fourth-order valence-electron chi connectivity index (χ4n) is 2.29. The highest BCUT2D eigenvalue weighted by Crippen LogP contribution is 2.16. The minimum absolute atomic E-state index is 0.0211. The number of nitrogens with one attached hydrogen (secondary N) is 2. The van der Waals surface area contributed by atoms with E-state index >= 15 is 0 Å². The highest BCUT2D eigenvalue weighted by Gasteiger charge is 2.25. The van der Waals surface area contributed by atoms with E-state index in [4.69, 9.17) is 0 Å². The molecule has 1 atom stereocenters. The molecule has 2 aromatic rings. The second-order valence-corrected chi connectivity index (χ2v) is 6.73. The molecule has 4 nitrogen and oxygen atoms in total. The normalized spacial score (nSPS) is 11.8. The van der Waals surface area contributed by atoms with Gasteiger partial charge in [-0.15, -0.1) is 0 Å². The molecule has 0 fully saturated rings. The number of halogens is 1. The molecule has 0 heterocycles. The van der Waals surface area contributed by atoms with E-state index in [-0.39, 0.29) is 17.7 Å². The maximum absolute atomic E-state index is 12.5. The van der Waals surface area contributed by atoms with Crippen molar-refractivity contribution < 1.29 is 9.59 Å². The molecule has 2 aromatic carbocycles. The molecule has 0 bridgehead atoms. The summed E-state index contributed by atoms with van der Waals surface area (Å²) in [6, 6.07) is 16.2. The van der Waals surface area contributed by atoms with Gasteiger partial charge < -0.3 is 10.6 Å². The van der Waals surface area contributed by atoms with Crippen LogP contribution in [-0.4, -0.2) is 17.9 Å². The first-order valence-electron chi connectivity index (χ1n) is 7.86. The average Bonchev–Trinajstić information content (AvgIpc) is 2.58. The molecule has 0 aliphatic rings. The Morgan fingerprint density at radius 2 is 1.62 bits per heavy atom. The Kier molecular flexibility index (Phi) is 6.55. The molecule has 0 saturated carbocycles. The predicted molar refractivity (Wildman–Crippen MR) is 98.5 cm³/mol. The zero-order valence-electron chi connectivity index (χ0n) is 13.8. The van der Waals surface area contributed by atoms with Gasteiger partial charge in [-0.2, -0.15) is 0 Å². The number of carbonyl (C=O) groups is 2. The van der Waals surface area contributed by atoms with Gasteiger partial charge in [-0.05, 0) is 39.5 Å². The van der Waals surface area contributed by atoms with Crippen molar-refractivity contribution in [3.05, 3.63) is 70.2 Å².